The lowest BCUT2D eigenvalue weighted by molar-refractivity contribution is -0.141. The summed E-state index contributed by atoms with van der Waals surface area (Å²) >= 11 is 0. The molecule has 0 unspecified atom stereocenters. The number of amides is 1. The Kier molecular flexibility index (Phi) is 4.72. The molecule has 114 valence electrons. The lowest BCUT2D eigenvalue weighted by Crippen LogP contribution is -2.46. The van der Waals surface area contributed by atoms with Crippen LogP contribution in [0.3, 0.4) is 0 Å². The fourth-order valence-electron chi connectivity index (χ4n) is 2.53. The van der Waals surface area contributed by atoms with E-state index >= 15 is 0 Å². The molecule has 2 rings (SSSR count). The summed E-state index contributed by atoms with van der Waals surface area (Å²) in [4.78, 5) is 32.6. The Labute approximate surface area is 123 Å². The summed E-state index contributed by atoms with van der Waals surface area (Å²) in [6, 6.07) is 1.71. The molecule has 0 atom stereocenters. The average Bonchev–Trinajstić information content (AvgIpc) is 2.42. The monoisotopic (exact) mass is 292 g/mol. The predicted octanol–water partition coefficient (Wildman–Crippen LogP) is 0.674. The summed E-state index contributed by atoms with van der Waals surface area (Å²) in [5.41, 5.74) is -0.261. The van der Waals surface area contributed by atoms with Crippen molar-refractivity contribution in [3.63, 3.8) is 0 Å². The van der Waals surface area contributed by atoms with Crippen molar-refractivity contribution in [1.29, 1.82) is 0 Å². The molecule has 1 aliphatic carbocycles. The summed E-state index contributed by atoms with van der Waals surface area (Å²) in [5, 5.41) is 11.8. The molecule has 0 bridgehead atoms. The zero-order chi connectivity index (χ0) is 15.3. The van der Waals surface area contributed by atoms with Gasteiger partial charge in [0.1, 0.15) is 0 Å². The number of aromatic nitrogens is 2. The van der Waals surface area contributed by atoms with E-state index in [0.717, 1.165) is 19.3 Å². The van der Waals surface area contributed by atoms with Gasteiger partial charge in [0.25, 0.3) is 0 Å². The van der Waals surface area contributed by atoms with Gasteiger partial charge in [0, 0.05) is 26.0 Å². The molecule has 0 radical (unpaired) electrons. The maximum Gasteiger partial charge on any atom is 0.303 e. The molecule has 1 heterocycles. The second kappa shape index (κ2) is 6.51. The van der Waals surface area contributed by atoms with Crippen molar-refractivity contribution in [3.05, 3.63) is 18.5 Å². The van der Waals surface area contributed by atoms with Crippen LogP contribution in [0.4, 0.5) is 5.95 Å². The van der Waals surface area contributed by atoms with E-state index in [-0.39, 0.29) is 24.3 Å². The first-order valence-electron chi connectivity index (χ1n) is 6.97. The molecule has 0 aromatic carbocycles. The predicted molar refractivity (Wildman–Crippen MR) is 76.8 cm³/mol. The number of carboxylic acid groups (broad SMARTS) is 1. The van der Waals surface area contributed by atoms with Gasteiger partial charge in [-0.1, -0.05) is 6.42 Å². The van der Waals surface area contributed by atoms with Gasteiger partial charge in [-0.3, -0.25) is 9.59 Å². The van der Waals surface area contributed by atoms with Crippen molar-refractivity contribution in [3.8, 4) is 0 Å². The van der Waals surface area contributed by atoms with Crippen LogP contribution in [-0.2, 0) is 9.59 Å². The van der Waals surface area contributed by atoms with Crippen molar-refractivity contribution in [2.24, 2.45) is 5.41 Å². The minimum absolute atomic E-state index is 0.116. The molecule has 0 spiro atoms. The Hall–Kier alpha value is -2.18. The highest BCUT2D eigenvalue weighted by Gasteiger charge is 2.39. The third-order valence-electron chi connectivity index (χ3n) is 3.88. The smallest absolute Gasteiger partial charge is 0.303 e. The van der Waals surface area contributed by atoms with E-state index in [4.69, 9.17) is 5.11 Å². The van der Waals surface area contributed by atoms with Crippen LogP contribution in [0.2, 0.25) is 0 Å². The number of aliphatic carboxylic acids is 1. The molecule has 2 N–H and O–H groups in total. The number of rotatable bonds is 7. The zero-order valence-electron chi connectivity index (χ0n) is 12.1. The maximum absolute atomic E-state index is 11.9. The molecule has 1 amide bonds. The SMILES string of the molecule is CN(CC(=O)NCC1(CC(=O)O)CCC1)c1ncccn1. The van der Waals surface area contributed by atoms with Gasteiger partial charge in [-0.15, -0.1) is 0 Å². The first-order chi connectivity index (χ1) is 10.0. The summed E-state index contributed by atoms with van der Waals surface area (Å²) in [5.74, 6) is -0.475. The number of nitrogens with zero attached hydrogens (tertiary/aromatic N) is 3. The van der Waals surface area contributed by atoms with E-state index in [1.807, 2.05) is 0 Å². The van der Waals surface area contributed by atoms with Crippen LogP contribution in [0.15, 0.2) is 18.5 Å². The Morgan fingerprint density at radius 1 is 1.38 bits per heavy atom. The number of hydrogen-bond acceptors (Lipinski definition) is 5. The van der Waals surface area contributed by atoms with Gasteiger partial charge in [0.05, 0.1) is 13.0 Å². The summed E-state index contributed by atoms with van der Waals surface area (Å²) < 4.78 is 0. The second-order valence-corrected chi connectivity index (χ2v) is 5.61. The number of nitrogens with one attached hydrogen (secondary N) is 1. The highest BCUT2D eigenvalue weighted by Crippen LogP contribution is 2.43. The molecule has 1 aromatic heterocycles. The Morgan fingerprint density at radius 2 is 2.05 bits per heavy atom. The van der Waals surface area contributed by atoms with E-state index < -0.39 is 5.97 Å². The van der Waals surface area contributed by atoms with Crippen LogP contribution in [-0.4, -0.2) is 47.1 Å². The number of carbonyl (C=O) groups excluding carboxylic acids is 1. The van der Waals surface area contributed by atoms with Crippen LogP contribution in [0.5, 0.6) is 0 Å². The second-order valence-electron chi connectivity index (χ2n) is 5.61. The van der Waals surface area contributed by atoms with E-state index in [2.05, 4.69) is 15.3 Å². The standard InChI is InChI=1S/C14H20N4O3/c1-18(13-15-6-3-7-16-13)9-11(19)17-10-14(4-2-5-14)8-12(20)21/h3,6-7H,2,4-5,8-10H2,1H3,(H,17,19)(H,20,21). The molecule has 1 fully saturated rings. The largest absolute Gasteiger partial charge is 0.481 e. The number of likely N-dealkylation sites (N-methyl/N-ethyl adjacent to an activating group) is 1. The molecule has 7 nitrogen and oxygen atoms in total. The Balaban J connectivity index is 1.81. The Morgan fingerprint density at radius 3 is 2.57 bits per heavy atom. The van der Waals surface area contributed by atoms with E-state index in [1.165, 1.54) is 0 Å². The third kappa shape index (κ3) is 4.14. The number of carbonyl (C=O) groups is 2. The molecule has 7 heteroatoms. The van der Waals surface area contributed by atoms with Crippen LogP contribution in [0, 0.1) is 5.41 Å². The third-order valence-corrected chi connectivity index (χ3v) is 3.88. The van der Waals surface area contributed by atoms with Gasteiger partial charge in [-0.2, -0.15) is 0 Å². The van der Waals surface area contributed by atoms with Gasteiger partial charge < -0.3 is 15.3 Å². The molecule has 21 heavy (non-hydrogen) atoms. The minimum atomic E-state index is -0.807. The lowest BCUT2D eigenvalue weighted by atomic mass is 9.66. The topological polar surface area (TPSA) is 95.4 Å². The van der Waals surface area contributed by atoms with Crippen molar-refractivity contribution >= 4 is 17.8 Å². The lowest BCUT2D eigenvalue weighted by Gasteiger charge is -2.40. The van der Waals surface area contributed by atoms with Gasteiger partial charge in [0.15, 0.2) is 0 Å². The fraction of sp³-hybridized carbons (Fsp3) is 0.571. The van der Waals surface area contributed by atoms with Crippen LogP contribution >= 0.6 is 0 Å². The summed E-state index contributed by atoms with van der Waals surface area (Å²) in [6.07, 6.45) is 6.10. The van der Waals surface area contributed by atoms with Gasteiger partial charge in [0.2, 0.25) is 11.9 Å². The molecular weight excluding hydrogens is 272 g/mol. The van der Waals surface area contributed by atoms with E-state index in [9.17, 15) is 9.59 Å². The number of hydrogen-bond donors (Lipinski definition) is 2. The number of anilines is 1. The maximum atomic E-state index is 11.9. The Bertz CT molecular complexity index is 502. The van der Waals surface area contributed by atoms with Gasteiger partial charge in [-0.05, 0) is 24.3 Å². The van der Waals surface area contributed by atoms with Crippen LogP contribution in [0.1, 0.15) is 25.7 Å². The molecule has 1 aliphatic rings. The fourth-order valence-corrected chi connectivity index (χ4v) is 2.53. The van der Waals surface area contributed by atoms with Crippen molar-refractivity contribution in [2.75, 3.05) is 25.0 Å². The number of carboxylic acids is 1. The highest BCUT2D eigenvalue weighted by atomic mass is 16.4. The van der Waals surface area contributed by atoms with E-state index in [1.54, 1.807) is 30.4 Å². The van der Waals surface area contributed by atoms with E-state index in [0.29, 0.717) is 12.5 Å². The molecule has 0 aliphatic heterocycles. The minimum Gasteiger partial charge on any atom is -0.481 e. The quantitative estimate of drug-likeness (QED) is 0.767. The molecule has 1 saturated carbocycles. The normalized spacial score (nSPS) is 15.9. The molecular formula is C14H20N4O3. The van der Waals surface area contributed by atoms with Crippen LogP contribution < -0.4 is 10.2 Å². The zero-order valence-corrected chi connectivity index (χ0v) is 12.1. The van der Waals surface area contributed by atoms with Crippen molar-refractivity contribution < 1.29 is 14.7 Å². The van der Waals surface area contributed by atoms with Crippen LogP contribution in [0.25, 0.3) is 0 Å². The van der Waals surface area contributed by atoms with Gasteiger partial charge in [-0.25, -0.2) is 9.97 Å². The first kappa shape index (κ1) is 15.2. The highest BCUT2D eigenvalue weighted by molar-refractivity contribution is 5.80. The average molecular weight is 292 g/mol. The molecule has 0 saturated heterocycles. The first-order valence-corrected chi connectivity index (χ1v) is 6.97. The van der Waals surface area contributed by atoms with Crippen molar-refractivity contribution in [1.82, 2.24) is 15.3 Å². The summed E-state index contributed by atoms with van der Waals surface area (Å²) in [7, 11) is 1.74. The van der Waals surface area contributed by atoms with Gasteiger partial charge >= 0.3 is 5.97 Å². The van der Waals surface area contributed by atoms with Crippen molar-refractivity contribution in [2.45, 2.75) is 25.7 Å². The summed E-state index contributed by atoms with van der Waals surface area (Å²) in [6.45, 7) is 0.564. The molecule has 1 aromatic rings.